The second kappa shape index (κ2) is 9.70. The Morgan fingerprint density at radius 3 is 2.62 bits per heavy atom. The summed E-state index contributed by atoms with van der Waals surface area (Å²) < 4.78 is 13.0. The van der Waals surface area contributed by atoms with Gasteiger partial charge in [-0.05, 0) is 67.4 Å². The number of pyridine rings is 1. The maximum atomic E-state index is 13.0. The van der Waals surface area contributed by atoms with Crippen LogP contribution < -0.4 is 11.1 Å². The van der Waals surface area contributed by atoms with Crippen LogP contribution in [0.4, 0.5) is 10.1 Å². The van der Waals surface area contributed by atoms with Gasteiger partial charge in [-0.15, -0.1) is 0 Å². The predicted molar refractivity (Wildman–Crippen MR) is 122 cm³/mol. The number of carbonyl (C=O) groups is 2. The molecular weight excluding hydrogens is 407 g/mol. The van der Waals surface area contributed by atoms with E-state index in [0.29, 0.717) is 11.3 Å². The van der Waals surface area contributed by atoms with Crippen molar-refractivity contribution in [1.29, 1.82) is 0 Å². The quantitative estimate of drug-likeness (QED) is 0.620. The molecule has 164 valence electrons. The Morgan fingerprint density at radius 1 is 1.09 bits per heavy atom. The van der Waals surface area contributed by atoms with E-state index in [4.69, 9.17) is 5.73 Å². The zero-order chi connectivity index (χ0) is 22.5. The van der Waals surface area contributed by atoms with Crippen LogP contribution in [-0.4, -0.2) is 41.3 Å². The summed E-state index contributed by atoms with van der Waals surface area (Å²) in [6.07, 6.45) is 3.81. The molecule has 0 bridgehead atoms. The zero-order valence-corrected chi connectivity index (χ0v) is 17.6. The highest BCUT2D eigenvalue weighted by atomic mass is 19.1. The molecule has 3 N–H and O–H groups in total. The normalized spacial score (nSPS) is 16.5. The van der Waals surface area contributed by atoms with Gasteiger partial charge in [0.05, 0.1) is 6.54 Å². The number of hydrogen-bond acceptors (Lipinski definition) is 4. The number of anilines is 1. The van der Waals surface area contributed by atoms with E-state index in [0.717, 1.165) is 42.8 Å². The molecule has 0 saturated carbocycles. The second-order valence-corrected chi connectivity index (χ2v) is 8.05. The molecule has 0 radical (unpaired) electrons. The van der Waals surface area contributed by atoms with E-state index in [1.807, 2.05) is 24.4 Å². The first-order valence-electron chi connectivity index (χ1n) is 10.6. The summed E-state index contributed by atoms with van der Waals surface area (Å²) in [4.78, 5) is 30.6. The minimum Gasteiger partial charge on any atom is -0.366 e. The van der Waals surface area contributed by atoms with Gasteiger partial charge in [-0.1, -0.05) is 18.2 Å². The lowest BCUT2D eigenvalue weighted by Gasteiger charge is -2.32. The number of amides is 2. The van der Waals surface area contributed by atoms with E-state index in [9.17, 15) is 14.0 Å². The number of primary amides is 1. The van der Waals surface area contributed by atoms with Gasteiger partial charge in [0.2, 0.25) is 11.8 Å². The maximum Gasteiger partial charge on any atom is 0.248 e. The number of carbonyl (C=O) groups excluding carboxylic acids is 2. The molecule has 1 atom stereocenters. The van der Waals surface area contributed by atoms with Gasteiger partial charge < -0.3 is 11.1 Å². The molecule has 0 spiro atoms. The lowest BCUT2D eigenvalue weighted by molar-refractivity contribution is -0.117. The third-order valence-electron chi connectivity index (χ3n) is 5.69. The molecule has 2 amide bonds. The van der Waals surface area contributed by atoms with Crippen LogP contribution in [0.1, 0.15) is 34.8 Å². The van der Waals surface area contributed by atoms with Gasteiger partial charge in [0.1, 0.15) is 5.82 Å². The van der Waals surface area contributed by atoms with Gasteiger partial charge in [0, 0.05) is 41.2 Å². The highest BCUT2D eigenvalue weighted by molar-refractivity contribution is 5.94. The van der Waals surface area contributed by atoms with Crippen molar-refractivity contribution in [3.8, 4) is 11.1 Å². The van der Waals surface area contributed by atoms with Crippen LogP contribution in [0.5, 0.6) is 0 Å². The number of rotatable bonds is 6. The molecule has 1 saturated heterocycles. The van der Waals surface area contributed by atoms with E-state index >= 15 is 0 Å². The van der Waals surface area contributed by atoms with Crippen molar-refractivity contribution in [2.45, 2.75) is 18.8 Å². The van der Waals surface area contributed by atoms with Crippen LogP contribution in [-0.2, 0) is 4.79 Å². The summed E-state index contributed by atoms with van der Waals surface area (Å²) in [5.74, 6) is -0.661. The molecule has 2 heterocycles. The molecule has 1 aliphatic rings. The fraction of sp³-hybridized carbons (Fsp3) is 0.240. The Labute approximate surface area is 186 Å². The molecule has 0 unspecified atom stereocenters. The van der Waals surface area contributed by atoms with E-state index in [1.54, 1.807) is 30.3 Å². The second-order valence-electron chi connectivity index (χ2n) is 8.05. The maximum absolute atomic E-state index is 13.0. The monoisotopic (exact) mass is 432 g/mol. The van der Waals surface area contributed by atoms with E-state index in [-0.39, 0.29) is 24.2 Å². The molecule has 0 aliphatic carbocycles. The van der Waals surface area contributed by atoms with Gasteiger partial charge >= 0.3 is 0 Å². The van der Waals surface area contributed by atoms with Crippen molar-refractivity contribution in [1.82, 2.24) is 9.88 Å². The van der Waals surface area contributed by atoms with Gasteiger partial charge in [-0.3, -0.25) is 19.5 Å². The van der Waals surface area contributed by atoms with E-state index in [1.165, 1.54) is 12.1 Å². The first-order chi connectivity index (χ1) is 15.5. The topological polar surface area (TPSA) is 88.3 Å². The lowest BCUT2D eigenvalue weighted by Crippen LogP contribution is -2.40. The number of nitrogens with two attached hydrogens (primary N) is 1. The molecular formula is C25H25FN4O2. The summed E-state index contributed by atoms with van der Waals surface area (Å²) in [5.41, 5.74) is 9.23. The number of aromatic nitrogens is 1. The van der Waals surface area contributed by atoms with Crippen molar-refractivity contribution >= 4 is 17.5 Å². The fourth-order valence-corrected chi connectivity index (χ4v) is 4.05. The molecule has 1 aliphatic heterocycles. The molecule has 32 heavy (non-hydrogen) atoms. The number of halogens is 1. The summed E-state index contributed by atoms with van der Waals surface area (Å²) in [6, 6.07) is 17.0. The van der Waals surface area contributed by atoms with Crippen molar-refractivity contribution in [2.75, 3.05) is 25.0 Å². The number of hydrogen-bond donors (Lipinski definition) is 2. The number of nitrogens with one attached hydrogen (secondary N) is 1. The standard InChI is InChI=1S/C25H25FN4O2/c26-21-7-9-22(10-8-21)29-24(31)16-30-12-2-5-20(15-30)23-11-6-19(14-28-23)17-3-1-4-18(13-17)25(27)32/h1,3-4,6-11,13-14,20H,2,5,12,15-16H2,(H2,27,32)(H,29,31)/t20-/m1/s1. The van der Waals surface area contributed by atoms with Crippen molar-refractivity contribution in [3.05, 3.63) is 83.9 Å². The molecule has 3 aromatic rings. The van der Waals surface area contributed by atoms with E-state index < -0.39 is 5.91 Å². The van der Waals surface area contributed by atoms with Crippen molar-refractivity contribution in [2.24, 2.45) is 5.73 Å². The highest BCUT2D eigenvalue weighted by Gasteiger charge is 2.24. The summed E-state index contributed by atoms with van der Waals surface area (Å²) in [7, 11) is 0. The average molecular weight is 432 g/mol. The lowest BCUT2D eigenvalue weighted by atomic mass is 9.93. The van der Waals surface area contributed by atoms with Crippen LogP contribution in [0, 0.1) is 5.82 Å². The number of piperidine rings is 1. The Kier molecular flexibility index (Phi) is 6.56. The third-order valence-corrected chi connectivity index (χ3v) is 5.69. The third kappa shape index (κ3) is 5.36. The summed E-state index contributed by atoms with van der Waals surface area (Å²) in [6.45, 7) is 1.89. The van der Waals surface area contributed by atoms with Crippen LogP contribution in [0.25, 0.3) is 11.1 Å². The fourth-order valence-electron chi connectivity index (χ4n) is 4.05. The van der Waals surface area contributed by atoms with Gasteiger partial charge in [0.25, 0.3) is 0 Å². The Morgan fingerprint density at radius 2 is 1.91 bits per heavy atom. The van der Waals surface area contributed by atoms with Gasteiger partial charge in [-0.2, -0.15) is 0 Å². The first-order valence-corrected chi connectivity index (χ1v) is 10.6. The Balaban J connectivity index is 1.37. The summed E-state index contributed by atoms with van der Waals surface area (Å²) >= 11 is 0. The van der Waals surface area contributed by atoms with Crippen LogP contribution in [0.2, 0.25) is 0 Å². The molecule has 1 fully saturated rings. The number of nitrogens with zero attached hydrogens (tertiary/aromatic N) is 2. The summed E-state index contributed by atoms with van der Waals surface area (Å²) in [5, 5.41) is 2.81. The number of benzene rings is 2. The Bertz CT molecular complexity index is 1100. The predicted octanol–water partition coefficient (Wildman–Crippen LogP) is 3.80. The van der Waals surface area contributed by atoms with Gasteiger partial charge in [-0.25, -0.2) is 4.39 Å². The Hall–Kier alpha value is -3.58. The van der Waals surface area contributed by atoms with Crippen molar-refractivity contribution < 1.29 is 14.0 Å². The molecule has 1 aromatic heterocycles. The number of likely N-dealkylation sites (tertiary alicyclic amines) is 1. The smallest absolute Gasteiger partial charge is 0.248 e. The molecule has 4 rings (SSSR count). The van der Waals surface area contributed by atoms with Crippen LogP contribution in [0.3, 0.4) is 0 Å². The SMILES string of the molecule is NC(=O)c1cccc(-c2ccc([C@@H]3CCCN(CC(=O)Nc4ccc(F)cc4)C3)nc2)c1. The van der Waals surface area contributed by atoms with Crippen molar-refractivity contribution in [3.63, 3.8) is 0 Å². The zero-order valence-electron chi connectivity index (χ0n) is 17.6. The largest absolute Gasteiger partial charge is 0.366 e. The first kappa shape index (κ1) is 21.6. The van der Waals surface area contributed by atoms with E-state index in [2.05, 4.69) is 15.2 Å². The highest BCUT2D eigenvalue weighted by Crippen LogP contribution is 2.27. The molecule has 6 nitrogen and oxygen atoms in total. The minimum atomic E-state index is -0.456. The van der Waals surface area contributed by atoms with Gasteiger partial charge in [0.15, 0.2) is 0 Å². The molecule has 2 aromatic carbocycles. The molecule has 7 heteroatoms. The minimum absolute atomic E-state index is 0.116. The van der Waals surface area contributed by atoms with Crippen LogP contribution >= 0.6 is 0 Å². The van der Waals surface area contributed by atoms with Crippen LogP contribution in [0.15, 0.2) is 66.9 Å². The average Bonchev–Trinajstić information content (AvgIpc) is 2.81.